The Kier molecular flexibility index (Phi) is 4.69. The average molecular weight is 325 g/mol. The molecule has 24 heavy (non-hydrogen) atoms. The normalized spacial score (nSPS) is 10.9. The van der Waals surface area contributed by atoms with Crippen LogP contribution in [-0.2, 0) is 17.9 Å². The van der Waals surface area contributed by atoms with E-state index < -0.39 is 0 Å². The third kappa shape index (κ3) is 3.51. The van der Waals surface area contributed by atoms with Crippen molar-refractivity contribution in [3.8, 4) is 0 Å². The molecule has 1 aromatic carbocycles. The lowest BCUT2D eigenvalue weighted by atomic mass is 10.2. The number of hydrogen-bond acceptors (Lipinski definition) is 4. The zero-order chi connectivity index (χ0) is 16.9. The van der Waals surface area contributed by atoms with Gasteiger partial charge in [0.15, 0.2) is 0 Å². The van der Waals surface area contributed by atoms with E-state index in [0.29, 0.717) is 37.4 Å². The second-order valence-corrected chi connectivity index (χ2v) is 5.56. The summed E-state index contributed by atoms with van der Waals surface area (Å²) in [6, 6.07) is 9.74. The van der Waals surface area contributed by atoms with Crippen LogP contribution in [0.4, 0.5) is 0 Å². The minimum Gasteiger partial charge on any atom is -0.352 e. The van der Waals surface area contributed by atoms with Gasteiger partial charge in [0.1, 0.15) is 5.82 Å². The maximum Gasteiger partial charge on any atom is 0.310 e. The van der Waals surface area contributed by atoms with E-state index in [1.54, 1.807) is 16.8 Å². The zero-order valence-electron chi connectivity index (χ0n) is 13.5. The summed E-state index contributed by atoms with van der Waals surface area (Å²) in [5, 5.41) is 7.13. The van der Waals surface area contributed by atoms with E-state index >= 15 is 0 Å². The highest BCUT2D eigenvalue weighted by Gasteiger charge is 2.09. The number of fused-ring (bicyclic) bond motifs is 1. The number of nitrogens with zero attached hydrogens (tertiary/aromatic N) is 4. The molecule has 1 N–H and O–H groups in total. The highest BCUT2D eigenvalue weighted by Crippen LogP contribution is 2.00. The van der Waals surface area contributed by atoms with Crippen molar-refractivity contribution in [2.24, 2.45) is 0 Å². The lowest BCUT2D eigenvalue weighted by molar-refractivity contribution is -0.121. The van der Waals surface area contributed by atoms with Gasteiger partial charge in [-0.25, -0.2) is 9.67 Å². The minimum absolute atomic E-state index is 0.0366. The summed E-state index contributed by atoms with van der Waals surface area (Å²) in [6.07, 6.45) is 4.18. The Morgan fingerprint density at radius 2 is 2.04 bits per heavy atom. The molecule has 7 heteroatoms. The van der Waals surface area contributed by atoms with Gasteiger partial charge in [0.05, 0.1) is 0 Å². The molecule has 0 atom stereocenters. The molecule has 1 amide bonds. The molecule has 0 aliphatic carbocycles. The molecule has 0 saturated heterocycles. The third-order valence-electron chi connectivity index (χ3n) is 3.79. The van der Waals surface area contributed by atoms with E-state index in [4.69, 9.17) is 0 Å². The molecule has 124 valence electrons. The van der Waals surface area contributed by atoms with E-state index in [2.05, 4.69) is 15.4 Å². The summed E-state index contributed by atoms with van der Waals surface area (Å²) >= 11 is 0. The highest BCUT2D eigenvalue weighted by atomic mass is 16.1. The standard InChI is InChI=1S/C17H19N5O2/c1-13-20-22(17(24)16-18-9-11-21(13)16)10-5-8-15(23)19-12-14-6-3-2-4-7-14/h2-4,6-7,9,11H,5,8,10,12H2,1H3,(H,19,23). The summed E-state index contributed by atoms with van der Waals surface area (Å²) in [6.45, 7) is 2.72. The number of benzene rings is 1. The van der Waals surface area contributed by atoms with Gasteiger partial charge in [-0.05, 0) is 18.9 Å². The number of aryl methyl sites for hydroxylation is 2. The molecular weight excluding hydrogens is 306 g/mol. The molecule has 3 aromatic rings. The maximum atomic E-state index is 12.2. The predicted molar refractivity (Wildman–Crippen MR) is 89.5 cm³/mol. The van der Waals surface area contributed by atoms with Crippen molar-refractivity contribution in [3.63, 3.8) is 0 Å². The lowest BCUT2D eigenvalue weighted by Crippen LogP contribution is -2.28. The number of hydrogen-bond donors (Lipinski definition) is 1. The summed E-state index contributed by atoms with van der Waals surface area (Å²) < 4.78 is 3.04. The second-order valence-electron chi connectivity index (χ2n) is 5.56. The first-order chi connectivity index (χ1) is 11.6. The van der Waals surface area contributed by atoms with E-state index in [1.807, 2.05) is 37.3 Å². The van der Waals surface area contributed by atoms with Crippen molar-refractivity contribution in [1.82, 2.24) is 24.5 Å². The zero-order valence-corrected chi connectivity index (χ0v) is 13.5. The predicted octanol–water partition coefficient (Wildman–Crippen LogP) is 1.30. The van der Waals surface area contributed by atoms with Gasteiger partial charge in [-0.1, -0.05) is 30.3 Å². The van der Waals surface area contributed by atoms with Gasteiger partial charge in [-0.15, -0.1) is 0 Å². The smallest absolute Gasteiger partial charge is 0.310 e. The summed E-state index contributed by atoms with van der Waals surface area (Å²) in [7, 11) is 0. The van der Waals surface area contributed by atoms with Gasteiger partial charge in [-0.2, -0.15) is 5.10 Å². The largest absolute Gasteiger partial charge is 0.352 e. The molecule has 2 heterocycles. The molecule has 0 fully saturated rings. The quantitative estimate of drug-likeness (QED) is 0.740. The van der Waals surface area contributed by atoms with Gasteiger partial charge in [0.2, 0.25) is 11.6 Å². The molecule has 0 radical (unpaired) electrons. The van der Waals surface area contributed by atoms with Crippen molar-refractivity contribution in [1.29, 1.82) is 0 Å². The van der Waals surface area contributed by atoms with Crippen molar-refractivity contribution >= 4 is 11.6 Å². The molecule has 0 spiro atoms. The van der Waals surface area contributed by atoms with E-state index in [1.165, 1.54) is 4.68 Å². The number of carbonyl (C=O) groups is 1. The second kappa shape index (κ2) is 7.08. The van der Waals surface area contributed by atoms with E-state index in [-0.39, 0.29) is 11.5 Å². The number of nitrogens with one attached hydrogen (secondary N) is 1. The third-order valence-corrected chi connectivity index (χ3v) is 3.79. The summed E-state index contributed by atoms with van der Waals surface area (Å²) in [4.78, 5) is 28.2. The summed E-state index contributed by atoms with van der Waals surface area (Å²) in [5.41, 5.74) is 1.18. The Bertz CT molecular complexity index is 898. The molecule has 0 bridgehead atoms. The van der Waals surface area contributed by atoms with Crippen LogP contribution in [0.3, 0.4) is 0 Å². The van der Waals surface area contributed by atoms with Crippen LogP contribution in [-0.4, -0.2) is 25.1 Å². The van der Waals surface area contributed by atoms with Gasteiger partial charge in [0.25, 0.3) is 0 Å². The number of imidazole rings is 1. The van der Waals surface area contributed by atoms with E-state index in [9.17, 15) is 9.59 Å². The fraction of sp³-hybridized carbons (Fsp3) is 0.294. The van der Waals surface area contributed by atoms with E-state index in [0.717, 1.165) is 5.56 Å². The maximum absolute atomic E-state index is 12.2. The fourth-order valence-corrected chi connectivity index (χ4v) is 2.53. The van der Waals surface area contributed by atoms with Crippen LogP contribution in [0.5, 0.6) is 0 Å². The van der Waals surface area contributed by atoms with Crippen LogP contribution < -0.4 is 10.9 Å². The Labute approximate surface area is 139 Å². The molecule has 0 saturated carbocycles. The molecule has 2 aromatic heterocycles. The van der Waals surface area contributed by atoms with Gasteiger partial charge in [0, 0.05) is 31.9 Å². The molecule has 7 nitrogen and oxygen atoms in total. The average Bonchev–Trinajstić information content (AvgIpc) is 3.09. The summed E-state index contributed by atoms with van der Waals surface area (Å²) in [5.74, 6) is 0.654. The fourth-order valence-electron chi connectivity index (χ4n) is 2.53. The first-order valence-corrected chi connectivity index (χ1v) is 7.86. The van der Waals surface area contributed by atoms with Crippen molar-refractivity contribution < 1.29 is 4.79 Å². The van der Waals surface area contributed by atoms with Crippen molar-refractivity contribution in [3.05, 3.63) is 64.5 Å². The number of aromatic nitrogens is 4. The van der Waals surface area contributed by atoms with Gasteiger partial charge < -0.3 is 5.32 Å². The number of rotatable bonds is 6. The van der Waals surface area contributed by atoms with Crippen molar-refractivity contribution in [2.75, 3.05) is 0 Å². The Morgan fingerprint density at radius 3 is 2.83 bits per heavy atom. The minimum atomic E-state index is -0.240. The van der Waals surface area contributed by atoms with Gasteiger partial charge in [-0.3, -0.25) is 14.0 Å². The first kappa shape index (κ1) is 15.9. The van der Waals surface area contributed by atoms with Gasteiger partial charge >= 0.3 is 5.56 Å². The van der Waals surface area contributed by atoms with Crippen molar-refractivity contribution in [2.45, 2.75) is 32.9 Å². The molecule has 0 unspecified atom stereocenters. The van der Waals surface area contributed by atoms with Crippen LogP contribution in [0.15, 0.2) is 47.5 Å². The van der Waals surface area contributed by atoms with Crippen LogP contribution in [0.2, 0.25) is 0 Å². The Balaban J connectivity index is 1.54. The monoisotopic (exact) mass is 325 g/mol. The SMILES string of the molecule is Cc1nn(CCCC(=O)NCc2ccccc2)c(=O)c2nccn12. The molecule has 0 aliphatic rings. The van der Waals surface area contributed by atoms with Crippen LogP contribution in [0.1, 0.15) is 24.2 Å². The number of carbonyl (C=O) groups excluding carboxylic acids is 1. The molecule has 3 rings (SSSR count). The number of amides is 1. The Hall–Kier alpha value is -2.96. The lowest BCUT2D eigenvalue weighted by Gasteiger charge is -2.08. The highest BCUT2D eigenvalue weighted by molar-refractivity contribution is 5.75. The van der Waals surface area contributed by atoms with Crippen LogP contribution >= 0.6 is 0 Å². The van der Waals surface area contributed by atoms with Crippen LogP contribution in [0, 0.1) is 6.92 Å². The van der Waals surface area contributed by atoms with Crippen LogP contribution in [0.25, 0.3) is 5.65 Å². The topological polar surface area (TPSA) is 81.3 Å². The Morgan fingerprint density at radius 1 is 1.25 bits per heavy atom. The molecule has 0 aliphatic heterocycles. The molecular formula is C17H19N5O2. The first-order valence-electron chi connectivity index (χ1n) is 7.86.